The van der Waals surface area contributed by atoms with Crippen LogP contribution in [0.5, 0.6) is 0 Å². The number of hydrogen-bond acceptors (Lipinski definition) is 2. The molecular formula is C27H22F8N2O. The summed E-state index contributed by atoms with van der Waals surface area (Å²) in [5.74, 6) is -1.34. The van der Waals surface area contributed by atoms with Gasteiger partial charge in [0.25, 0.3) is 0 Å². The zero-order valence-corrected chi connectivity index (χ0v) is 20.0. The zero-order valence-electron chi connectivity index (χ0n) is 20.0. The molecule has 1 amide bonds. The van der Waals surface area contributed by atoms with Crippen LogP contribution in [-0.4, -0.2) is 41.2 Å². The van der Waals surface area contributed by atoms with Crippen LogP contribution in [0.2, 0.25) is 0 Å². The summed E-state index contributed by atoms with van der Waals surface area (Å²) in [6.07, 6.45) is -9.33. The minimum Gasteiger partial charge on any atom is -0.341 e. The highest BCUT2D eigenvalue weighted by Gasteiger charge is 2.73. The predicted octanol–water partition coefficient (Wildman–Crippen LogP) is 6.64. The van der Waals surface area contributed by atoms with Crippen molar-refractivity contribution in [3.8, 4) is 0 Å². The van der Waals surface area contributed by atoms with Crippen LogP contribution in [-0.2, 0) is 22.3 Å². The Hall–Kier alpha value is -3.50. The molecule has 1 fully saturated rings. The Bertz CT molecular complexity index is 1260. The van der Waals surface area contributed by atoms with Crippen molar-refractivity contribution in [3.63, 3.8) is 0 Å². The van der Waals surface area contributed by atoms with E-state index in [1.807, 2.05) is 0 Å². The molecule has 0 aliphatic carbocycles. The van der Waals surface area contributed by atoms with E-state index in [0.717, 1.165) is 12.1 Å². The van der Waals surface area contributed by atoms with Crippen LogP contribution in [0.3, 0.4) is 0 Å². The van der Waals surface area contributed by atoms with Gasteiger partial charge in [-0.1, -0.05) is 43.3 Å². The molecule has 0 N–H and O–H groups in total. The van der Waals surface area contributed by atoms with Crippen molar-refractivity contribution in [2.45, 2.75) is 42.7 Å². The normalized spacial score (nSPS) is 20.6. The van der Waals surface area contributed by atoms with Crippen LogP contribution in [0.4, 0.5) is 35.1 Å². The molecule has 3 aromatic rings. The Morgan fingerprint density at radius 1 is 0.895 bits per heavy atom. The number of hydrogen-bond donors (Lipinski definition) is 0. The number of amides is 1. The average Bonchev–Trinajstić information content (AvgIpc) is 3.22. The van der Waals surface area contributed by atoms with Gasteiger partial charge in [-0.05, 0) is 41.0 Å². The van der Waals surface area contributed by atoms with Crippen molar-refractivity contribution in [1.82, 2.24) is 9.88 Å². The maximum atomic E-state index is 14.5. The first kappa shape index (κ1) is 27.5. The van der Waals surface area contributed by atoms with Gasteiger partial charge in [-0.3, -0.25) is 9.78 Å². The summed E-state index contributed by atoms with van der Waals surface area (Å²) in [4.78, 5) is 18.6. The fourth-order valence-corrected chi connectivity index (χ4v) is 5.00. The third kappa shape index (κ3) is 4.86. The molecule has 38 heavy (non-hydrogen) atoms. The molecule has 1 aliphatic rings. The van der Waals surface area contributed by atoms with E-state index in [2.05, 4.69) is 4.98 Å². The fraction of sp³-hybridized carbons (Fsp3) is 0.333. The van der Waals surface area contributed by atoms with Crippen molar-refractivity contribution in [2.75, 3.05) is 13.1 Å². The Morgan fingerprint density at radius 3 is 1.97 bits per heavy atom. The van der Waals surface area contributed by atoms with Gasteiger partial charge in [0.15, 0.2) is 0 Å². The summed E-state index contributed by atoms with van der Waals surface area (Å²) in [5, 5.41) is 0. The van der Waals surface area contributed by atoms with Crippen LogP contribution in [0.15, 0.2) is 73.1 Å². The molecule has 4 rings (SSSR count). The largest absolute Gasteiger partial charge is 0.435 e. The summed E-state index contributed by atoms with van der Waals surface area (Å²) in [7, 11) is 0. The van der Waals surface area contributed by atoms with Gasteiger partial charge in [-0.15, -0.1) is 0 Å². The molecule has 3 nitrogen and oxygen atoms in total. The maximum absolute atomic E-state index is 14.5. The Labute approximate surface area is 213 Å². The molecule has 0 spiro atoms. The summed E-state index contributed by atoms with van der Waals surface area (Å²) >= 11 is 0. The number of aromatic nitrogens is 1. The van der Waals surface area contributed by atoms with Crippen molar-refractivity contribution >= 4 is 5.91 Å². The predicted molar refractivity (Wildman–Crippen MR) is 122 cm³/mol. The molecule has 202 valence electrons. The molecule has 0 radical (unpaired) electrons. The molecular weight excluding hydrogens is 520 g/mol. The third-order valence-corrected chi connectivity index (χ3v) is 7.14. The van der Waals surface area contributed by atoms with Gasteiger partial charge < -0.3 is 4.90 Å². The maximum Gasteiger partial charge on any atom is 0.435 e. The SMILES string of the molecule is C[C@]1(c2ccc(F)cc2)CN(C(=O)Cc2ccncc2)C[C@H]1c1ccc(C(F)(C(F)(F)F)C(F)(F)F)cc1. The number of nitrogens with zero attached hydrogens (tertiary/aromatic N) is 2. The van der Waals surface area contributed by atoms with Gasteiger partial charge in [0.1, 0.15) is 5.82 Å². The van der Waals surface area contributed by atoms with Gasteiger partial charge in [0, 0.05) is 42.4 Å². The van der Waals surface area contributed by atoms with Gasteiger partial charge in [-0.25, -0.2) is 8.78 Å². The smallest absolute Gasteiger partial charge is 0.341 e. The highest BCUT2D eigenvalue weighted by Crippen LogP contribution is 2.53. The lowest BCUT2D eigenvalue weighted by atomic mass is 9.71. The lowest BCUT2D eigenvalue weighted by molar-refractivity contribution is -0.348. The summed E-state index contributed by atoms with van der Waals surface area (Å²) in [6, 6.07) is 11.8. The Morgan fingerprint density at radius 2 is 1.45 bits per heavy atom. The van der Waals surface area contributed by atoms with E-state index in [-0.39, 0.29) is 25.4 Å². The van der Waals surface area contributed by atoms with Gasteiger partial charge >= 0.3 is 18.0 Å². The van der Waals surface area contributed by atoms with E-state index in [1.54, 1.807) is 24.0 Å². The quantitative estimate of drug-likeness (QED) is 0.339. The van der Waals surface area contributed by atoms with Crippen molar-refractivity contribution in [1.29, 1.82) is 0 Å². The van der Waals surface area contributed by atoms with Crippen molar-refractivity contribution in [3.05, 3.63) is 101 Å². The van der Waals surface area contributed by atoms with Crippen molar-refractivity contribution in [2.24, 2.45) is 0 Å². The average molecular weight is 542 g/mol. The fourth-order valence-electron chi connectivity index (χ4n) is 5.00. The third-order valence-electron chi connectivity index (χ3n) is 7.14. The standard InChI is InChI=1S/C27H22F8N2O/c1-24(19-6-8-21(28)9-7-19)16-37(23(38)14-17-10-12-36-13-11-17)15-22(24)18-2-4-20(5-3-18)25(29,26(30,31)32)27(33,34)35/h2-13,22H,14-16H2,1H3/t22-,24+/m0/s1. The lowest BCUT2D eigenvalue weighted by Crippen LogP contribution is -2.50. The van der Waals surface area contributed by atoms with E-state index in [0.29, 0.717) is 28.8 Å². The zero-order chi connectivity index (χ0) is 27.9. The van der Waals surface area contributed by atoms with E-state index in [9.17, 15) is 39.9 Å². The van der Waals surface area contributed by atoms with E-state index in [4.69, 9.17) is 0 Å². The summed E-state index contributed by atoms with van der Waals surface area (Å²) in [6.45, 7) is 2.03. The second kappa shape index (κ2) is 9.67. The molecule has 1 saturated heterocycles. The number of rotatable bonds is 5. The second-order valence-electron chi connectivity index (χ2n) is 9.56. The molecule has 1 aliphatic heterocycles. The van der Waals surface area contributed by atoms with E-state index >= 15 is 0 Å². The number of halogens is 8. The van der Waals surface area contributed by atoms with E-state index in [1.165, 1.54) is 36.7 Å². The molecule has 1 aromatic heterocycles. The number of carbonyl (C=O) groups is 1. The molecule has 0 saturated carbocycles. The number of pyridine rings is 1. The summed E-state index contributed by atoms with van der Waals surface area (Å²) in [5.41, 5.74) is -6.36. The second-order valence-corrected chi connectivity index (χ2v) is 9.56. The summed E-state index contributed by atoms with van der Waals surface area (Å²) < 4.78 is 107. The number of alkyl halides is 7. The molecule has 0 bridgehead atoms. The van der Waals surface area contributed by atoms with Gasteiger partial charge in [0.05, 0.1) is 6.42 Å². The van der Waals surface area contributed by atoms with Crippen LogP contribution in [0, 0.1) is 5.82 Å². The van der Waals surface area contributed by atoms with Crippen LogP contribution < -0.4 is 0 Å². The number of carbonyl (C=O) groups excluding carboxylic acids is 1. The molecule has 0 unspecified atom stereocenters. The van der Waals surface area contributed by atoms with Gasteiger partial charge in [0.2, 0.25) is 5.91 Å². The molecule has 2 aromatic carbocycles. The molecule has 2 atom stereocenters. The van der Waals surface area contributed by atoms with Crippen LogP contribution in [0.1, 0.15) is 35.1 Å². The molecule has 2 heterocycles. The highest BCUT2D eigenvalue weighted by atomic mass is 19.4. The van der Waals surface area contributed by atoms with E-state index < -0.39 is 40.7 Å². The minimum atomic E-state index is -6.22. The topological polar surface area (TPSA) is 33.2 Å². The van der Waals surface area contributed by atoms with Gasteiger partial charge in [-0.2, -0.15) is 26.3 Å². The Balaban J connectivity index is 1.71. The minimum absolute atomic E-state index is 0.0508. The highest BCUT2D eigenvalue weighted by molar-refractivity contribution is 5.79. The van der Waals surface area contributed by atoms with Crippen molar-refractivity contribution < 1.29 is 39.9 Å². The lowest BCUT2D eigenvalue weighted by Gasteiger charge is -2.33. The monoisotopic (exact) mass is 542 g/mol. The van der Waals surface area contributed by atoms with Crippen LogP contribution in [0.25, 0.3) is 0 Å². The number of benzene rings is 2. The Kier molecular flexibility index (Phi) is 7.00. The number of likely N-dealkylation sites (tertiary alicyclic amines) is 1. The first-order chi connectivity index (χ1) is 17.7. The molecule has 11 heteroatoms. The first-order valence-electron chi connectivity index (χ1n) is 11.5. The van der Waals surface area contributed by atoms with Crippen LogP contribution >= 0.6 is 0 Å². The first-order valence-corrected chi connectivity index (χ1v) is 11.5.